The van der Waals surface area contributed by atoms with Crippen molar-refractivity contribution in [2.24, 2.45) is 0 Å². The number of rotatable bonds is 7. The number of unbranched alkanes of at least 4 members (excludes halogenated alkanes) is 1. The minimum Gasteiger partial charge on any atom is -0.383 e. The van der Waals surface area contributed by atoms with Gasteiger partial charge in [-0.05, 0) is 19.3 Å². The maximum absolute atomic E-state index is 13.7. The van der Waals surface area contributed by atoms with E-state index in [1.807, 2.05) is 11.8 Å². The lowest BCUT2D eigenvalue weighted by Gasteiger charge is -2.38. The molecule has 2 fully saturated rings. The third kappa shape index (κ3) is 4.84. The van der Waals surface area contributed by atoms with Gasteiger partial charge in [-0.15, -0.1) is 0 Å². The van der Waals surface area contributed by atoms with Crippen LogP contribution in [0.15, 0.2) is 0 Å². The first-order chi connectivity index (χ1) is 10.8. The molecule has 0 aliphatic carbocycles. The molecule has 2 heterocycles. The molecule has 0 bridgehead atoms. The normalized spacial score (nSPS) is 27.6. The first-order valence-electron chi connectivity index (χ1n) is 8.39. The quantitative estimate of drug-likeness (QED) is 0.701. The van der Waals surface area contributed by atoms with Gasteiger partial charge in [0.1, 0.15) is 0 Å². The highest BCUT2D eigenvalue weighted by atomic mass is 32.2. The van der Waals surface area contributed by atoms with Gasteiger partial charge in [0.25, 0.3) is 5.92 Å². The maximum Gasteiger partial charge on any atom is 0.262 e. The molecular formula is C15H28F2N2O3S. The van der Waals surface area contributed by atoms with Crippen molar-refractivity contribution in [1.29, 1.82) is 0 Å². The van der Waals surface area contributed by atoms with Gasteiger partial charge in [0.05, 0.1) is 18.9 Å². The van der Waals surface area contributed by atoms with E-state index < -0.39 is 15.9 Å². The Morgan fingerprint density at radius 3 is 2.48 bits per heavy atom. The lowest BCUT2D eigenvalue weighted by molar-refractivity contribution is 0.00461. The van der Waals surface area contributed by atoms with Crippen LogP contribution in [0.2, 0.25) is 0 Å². The summed E-state index contributed by atoms with van der Waals surface area (Å²) < 4.78 is 58.5. The summed E-state index contributed by atoms with van der Waals surface area (Å²) in [5.41, 5.74) is 0. The van der Waals surface area contributed by atoms with Crippen LogP contribution in [0.1, 0.15) is 39.0 Å². The molecule has 23 heavy (non-hydrogen) atoms. The van der Waals surface area contributed by atoms with Crippen molar-refractivity contribution in [3.8, 4) is 0 Å². The molecule has 2 aliphatic heterocycles. The summed E-state index contributed by atoms with van der Waals surface area (Å²) in [6, 6.07) is -0.260. The molecular weight excluding hydrogens is 326 g/mol. The first-order valence-corrected chi connectivity index (χ1v) is 10.0. The van der Waals surface area contributed by atoms with Crippen LogP contribution in [0.4, 0.5) is 8.78 Å². The van der Waals surface area contributed by atoms with Gasteiger partial charge in [-0.2, -0.15) is 0 Å². The molecule has 8 heteroatoms. The zero-order valence-corrected chi connectivity index (χ0v) is 14.8. The van der Waals surface area contributed by atoms with Crippen molar-refractivity contribution < 1.29 is 21.9 Å². The Hall–Kier alpha value is -0.310. The molecule has 0 spiro atoms. The molecule has 0 radical (unpaired) electrons. The third-order valence-corrected chi connectivity index (χ3v) is 6.77. The molecule has 0 N–H and O–H groups in total. The first kappa shape index (κ1) is 19.0. The highest BCUT2D eigenvalue weighted by molar-refractivity contribution is 7.89. The van der Waals surface area contributed by atoms with E-state index >= 15 is 0 Å². The molecule has 0 aromatic carbocycles. The Kier molecular flexibility index (Phi) is 6.38. The average molecular weight is 354 g/mol. The average Bonchev–Trinajstić information content (AvgIpc) is 2.80. The van der Waals surface area contributed by atoms with Crippen LogP contribution >= 0.6 is 0 Å². The highest BCUT2D eigenvalue weighted by Gasteiger charge is 2.47. The van der Waals surface area contributed by atoms with E-state index in [1.165, 1.54) is 11.4 Å². The van der Waals surface area contributed by atoms with Crippen molar-refractivity contribution in [2.75, 3.05) is 39.1 Å². The van der Waals surface area contributed by atoms with Crippen molar-refractivity contribution >= 4 is 10.0 Å². The number of hydrogen-bond acceptors (Lipinski definition) is 4. The van der Waals surface area contributed by atoms with Crippen LogP contribution in [-0.4, -0.2) is 74.7 Å². The molecule has 0 unspecified atom stereocenters. The number of likely N-dealkylation sites (tertiary alicyclic amines) is 1. The summed E-state index contributed by atoms with van der Waals surface area (Å²) >= 11 is 0. The predicted octanol–water partition coefficient (Wildman–Crippen LogP) is 1.94. The van der Waals surface area contributed by atoms with E-state index in [-0.39, 0.29) is 30.8 Å². The zero-order valence-electron chi connectivity index (χ0n) is 14.0. The van der Waals surface area contributed by atoms with Crippen LogP contribution in [0.3, 0.4) is 0 Å². The fourth-order valence-corrected chi connectivity index (χ4v) is 5.28. The van der Waals surface area contributed by atoms with Crippen LogP contribution in [-0.2, 0) is 14.8 Å². The SMILES string of the molecule is CCCCS(=O)(=O)N1CCC(N2CC(F)(F)C[C@H]2COC)CC1. The molecule has 2 aliphatic rings. The van der Waals surface area contributed by atoms with E-state index in [1.54, 1.807) is 0 Å². The minimum atomic E-state index is -3.20. The monoisotopic (exact) mass is 354 g/mol. The molecule has 0 aromatic rings. The van der Waals surface area contributed by atoms with Crippen LogP contribution in [0.25, 0.3) is 0 Å². The van der Waals surface area contributed by atoms with E-state index in [9.17, 15) is 17.2 Å². The van der Waals surface area contributed by atoms with Gasteiger partial charge >= 0.3 is 0 Å². The van der Waals surface area contributed by atoms with Gasteiger partial charge in [0.15, 0.2) is 0 Å². The number of halogens is 2. The summed E-state index contributed by atoms with van der Waals surface area (Å²) in [7, 11) is -1.67. The number of sulfonamides is 1. The van der Waals surface area contributed by atoms with E-state index in [0.29, 0.717) is 39.0 Å². The predicted molar refractivity (Wildman–Crippen MR) is 85.2 cm³/mol. The maximum atomic E-state index is 13.7. The van der Waals surface area contributed by atoms with Gasteiger partial charge in [0, 0.05) is 38.7 Å². The molecule has 136 valence electrons. The van der Waals surface area contributed by atoms with Crippen molar-refractivity contribution in [3.63, 3.8) is 0 Å². The van der Waals surface area contributed by atoms with Gasteiger partial charge in [-0.1, -0.05) is 13.3 Å². The summed E-state index contributed by atoms with van der Waals surface area (Å²) in [5, 5.41) is 0. The summed E-state index contributed by atoms with van der Waals surface area (Å²) in [4.78, 5) is 1.83. The van der Waals surface area contributed by atoms with E-state index in [2.05, 4.69) is 0 Å². The molecule has 2 rings (SSSR count). The van der Waals surface area contributed by atoms with Crippen molar-refractivity contribution in [3.05, 3.63) is 0 Å². The lowest BCUT2D eigenvalue weighted by Crippen LogP contribution is -2.49. The number of nitrogens with zero attached hydrogens (tertiary/aromatic N) is 2. The fraction of sp³-hybridized carbons (Fsp3) is 1.00. The topological polar surface area (TPSA) is 49.9 Å². The lowest BCUT2D eigenvalue weighted by atomic mass is 10.0. The zero-order chi connectivity index (χ0) is 17.1. The number of hydrogen-bond donors (Lipinski definition) is 0. The summed E-state index contributed by atoms with van der Waals surface area (Å²) in [5.74, 6) is -2.49. The molecule has 2 saturated heterocycles. The van der Waals surface area contributed by atoms with E-state index in [0.717, 1.165) is 6.42 Å². The molecule has 0 aromatic heterocycles. The minimum absolute atomic E-state index is 0.0150. The second-order valence-electron chi connectivity index (χ2n) is 6.64. The summed E-state index contributed by atoms with van der Waals surface area (Å²) in [6.45, 7) is 2.88. The fourth-order valence-electron chi connectivity index (χ4n) is 3.60. The van der Waals surface area contributed by atoms with Gasteiger partial charge in [-0.3, -0.25) is 4.90 Å². The summed E-state index contributed by atoms with van der Waals surface area (Å²) in [6.07, 6.45) is 2.56. The number of methoxy groups -OCH3 is 1. The molecule has 5 nitrogen and oxygen atoms in total. The van der Waals surface area contributed by atoms with Crippen LogP contribution in [0.5, 0.6) is 0 Å². The molecule has 0 amide bonds. The van der Waals surface area contributed by atoms with Gasteiger partial charge < -0.3 is 4.74 Å². The Bertz CT molecular complexity index is 479. The number of ether oxygens (including phenoxy) is 1. The second-order valence-corrected chi connectivity index (χ2v) is 8.73. The Balaban J connectivity index is 1.93. The second kappa shape index (κ2) is 7.72. The van der Waals surface area contributed by atoms with Crippen LogP contribution in [0, 0.1) is 0 Å². The standard InChI is InChI=1S/C15H28F2N2O3S/c1-3-4-9-23(20,21)18-7-5-13(6-8-18)19-12-15(16,17)10-14(19)11-22-2/h13-14H,3-12H2,1-2H3/t14-/m0/s1. The van der Waals surface area contributed by atoms with E-state index in [4.69, 9.17) is 4.74 Å². The Morgan fingerprint density at radius 1 is 1.26 bits per heavy atom. The van der Waals surface area contributed by atoms with Crippen molar-refractivity contribution in [2.45, 2.75) is 57.0 Å². The van der Waals surface area contributed by atoms with Gasteiger partial charge in [-0.25, -0.2) is 21.5 Å². The Morgan fingerprint density at radius 2 is 1.91 bits per heavy atom. The molecule has 0 saturated carbocycles. The Labute approximate surface area is 138 Å². The smallest absolute Gasteiger partial charge is 0.262 e. The van der Waals surface area contributed by atoms with Crippen molar-refractivity contribution in [1.82, 2.24) is 9.21 Å². The third-order valence-electron chi connectivity index (χ3n) is 4.82. The number of alkyl halides is 2. The molecule has 1 atom stereocenters. The highest BCUT2D eigenvalue weighted by Crippen LogP contribution is 2.36. The van der Waals surface area contributed by atoms with Gasteiger partial charge in [0.2, 0.25) is 10.0 Å². The largest absolute Gasteiger partial charge is 0.383 e. The van der Waals surface area contributed by atoms with Crippen LogP contribution < -0.4 is 0 Å². The number of piperidine rings is 1.